The minimum atomic E-state index is -0.774. The average molecular weight is 352 g/mol. The molecule has 0 unspecified atom stereocenters. The van der Waals surface area contributed by atoms with Gasteiger partial charge in [0.2, 0.25) is 5.91 Å². The number of thiazole rings is 1. The van der Waals surface area contributed by atoms with Gasteiger partial charge in [0, 0.05) is 43.8 Å². The number of anilines is 2. The molecule has 1 aromatic heterocycles. The Morgan fingerprint density at radius 2 is 2.04 bits per heavy atom. The Morgan fingerprint density at radius 1 is 1.29 bits per heavy atom. The van der Waals surface area contributed by atoms with Gasteiger partial charge < -0.3 is 10.2 Å². The fourth-order valence-electron chi connectivity index (χ4n) is 2.67. The maximum atomic E-state index is 13.6. The van der Waals surface area contributed by atoms with Crippen molar-refractivity contribution in [3.05, 3.63) is 41.4 Å². The molecule has 0 saturated carbocycles. The Kier molecular flexibility index (Phi) is 5.06. The van der Waals surface area contributed by atoms with Crippen molar-refractivity contribution >= 4 is 28.1 Å². The summed E-state index contributed by atoms with van der Waals surface area (Å²) < 4.78 is 26.6. The van der Waals surface area contributed by atoms with E-state index in [4.69, 9.17) is 0 Å². The van der Waals surface area contributed by atoms with E-state index in [-0.39, 0.29) is 11.6 Å². The number of piperazine rings is 1. The molecular weight excluding hydrogens is 334 g/mol. The molecule has 1 amide bonds. The molecule has 1 N–H and O–H groups in total. The SMILES string of the molecule is C[C@H](C(=O)Nc1ccc(F)cc1F)N1CCN(c2nccs2)CC1. The summed E-state index contributed by atoms with van der Waals surface area (Å²) in [6, 6.07) is 2.71. The second-order valence-corrected chi connectivity index (χ2v) is 6.50. The molecule has 8 heteroatoms. The summed E-state index contributed by atoms with van der Waals surface area (Å²) in [6.45, 7) is 4.81. The smallest absolute Gasteiger partial charge is 0.241 e. The number of hydrogen-bond donors (Lipinski definition) is 1. The second-order valence-electron chi connectivity index (χ2n) is 5.63. The van der Waals surface area contributed by atoms with Crippen molar-refractivity contribution in [2.45, 2.75) is 13.0 Å². The second kappa shape index (κ2) is 7.23. The van der Waals surface area contributed by atoms with Gasteiger partial charge >= 0.3 is 0 Å². The number of benzene rings is 1. The summed E-state index contributed by atoms with van der Waals surface area (Å²) in [7, 11) is 0. The number of rotatable bonds is 4. The topological polar surface area (TPSA) is 48.5 Å². The molecule has 0 aliphatic carbocycles. The maximum absolute atomic E-state index is 13.6. The van der Waals surface area contributed by atoms with Gasteiger partial charge in [0.15, 0.2) is 5.13 Å². The molecule has 0 bridgehead atoms. The predicted octanol–water partition coefficient (Wildman–Crippen LogP) is 2.57. The number of amides is 1. The Hall–Kier alpha value is -2.06. The number of carbonyl (C=O) groups is 1. The van der Waals surface area contributed by atoms with Crippen molar-refractivity contribution in [2.24, 2.45) is 0 Å². The Labute approximate surface area is 142 Å². The number of halogens is 2. The number of aromatic nitrogens is 1. The highest BCUT2D eigenvalue weighted by Crippen LogP contribution is 2.20. The zero-order valence-corrected chi connectivity index (χ0v) is 14.0. The number of hydrogen-bond acceptors (Lipinski definition) is 5. The Morgan fingerprint density at radius 3 is 2.67 bits per heavy atom. The third-order valence-electron chi connectivity index (χ3n) is 4.12. The molecule has 1 saturated heterocycles. The molecule has 128 valence electrons. The summed E-state index contributed by atoms with van der Waals surface area (Å²) in [5, 5.41) is 5.45. The lowest BCUT2D eigenvalue weighted by Gasteiger charge is -2.37. The molecule has 3 rings (SSSR count). The van der Waals surface area contributed by atoms with Gasteiger partial charge in [-0.25, -0.2) is 13.8 Å². The van der Waals surface area contributed by atoms with E-state index in [2.05, 4.69) is 15.2 Å². The molecule has 1 atom stereocenters. The van der Waals surface area contributed by atoms with Gasteiger partial charge in [0.25, 0.3) is 0 Å². The minimum absolute atomic E-state index is 0.00493. The fourth-order valence-corrected chi connectivity index (χ4v) is 3.36. The summed E-state index contributed by atoms with van der Waals surface area (Å²) in [6.07, 6.45) is 1.78. The predicted molar refractivity (Wildman–Crippen MR) is 90.3 cm³/mol. The lowest BCUT2D eigenvalue weighted by atomic mass is 10.2. The van der Waals surface area contributed by atoms with Gasteiger partial charge in [-0.3, -0.25) is 9.69 Å². The zero-order chi connectivity index (χ0) is 17.1. The van der Waals surface area contributed by atoms with E-state index in [1.165, 1.54) is 6.07 Å². The number of carbonyl (C=O) groups excluding carboxylic acids is 1. The van der Waals surface area contributed by atoms with Crippen LogP contribution in [0, 0.1) is 11.6 Å². The normalized spacial score (nSPS) is 16.9. The minimum Gasteiger partial charge on any atom is -0.346 e. The molecule has 1 fully saturated rings. The molecule has 2 heterocycles. The van der Waals surface area contributed by atoms with Crippen LogP contribution in [0.2, 0.25) is 0 Å². The lowest BCUT2D eigenvalue weighted by molar-refractivity contribution is -0.120. The maximum Gasteiger partial charge on any atom is 0.241 e. The molecule has 1 aliphatic heterocycles. The summed E-state index contributed by atoms with van der Waals surface area (Å²) in [4.78, 5) is 20.8. The van der Waals surface area contributed by atoms with Crippen LogP contribution in [0.15, 0.2) is 29.8 Å². The number of nitrogens with zero attached hydrogens (tertiary/aromatic N) is 3. The van der Waals surface area contributed by atoms with Crippen LogP contribution in [0.25, 0.3) is 0 Å². The van der Waals surface area contributed by atoms with Crippen molar-refractivity contribution < 1.29 is 13.6 Å². The molecule has 0 radical (unpaired) electrons. The van der Waals surface area contributed by atoms with Gasteiger partial charge in [-0.05, 0) is 19.1 Å². The van der Waals surface area contributed by atoms with E-state index >= 15 is 0 Å². The molecule has 5 nitrogen and oxygen atoms in total. The highest BCUT2D eigenvalue weighted by atomic mass is 32.1. The first-order valence-corrected chi connectivity index (χ1v) is 8.57. The van der Waals surface area contributed by atoms with Gasteiger partial charge in [-0.1, -0.05) is 0 Å². The molecule has 1 aliphatic rings. The highest BCUT2D eigenvalue weighted by Gasteiger charge is 2.26. The monoisotopic (exact) mass is 352 g/mol. The van der Waals surface area contributed by atoms with Crippen LogP contribution < -0.4 is 10.2 Å². The van der Waals surface area contributed by atoms with Crippen LogP contribution >= 0.6 is 11.3 Å². The first kappa shape index (κ1) is 16.8. The van der Waals surface area contributed by atoms with Gasteiger partial charge in [-0.15, -0.1) is 11.3 Å². The van der Waals surface area contributed by atoms with Crippen molar-refractivity contribution in [3.8, 4) is 0 Å². The number of nitrogens with one attached hydrogen (secondary N) is 1. The van der Waals surface area contributed by atoms with E-state index in [0.29, 0.717) is 0 Å². The van der Waals surface area contributed by atoms with Crippen LogP contribution in [0.4, 0.5) is 19.6 Å². The van der Waals surface area contributed by atoms with Gasteiger partial charge in [0.05, 0.1) is 11.7 Å². The van der Waals surface area contributed by atoms with E-state index in [0.717, 1.165) is 43.4 Å². The highest BCUT2D eigenvalue weighted by molar-refractivity contribution is 7.13. The van der Waals surface area contributed by atoms with Gasteiger partial charge in [0.1, 0.15) is 11.6 Å². The largest absolute Gasteiger partial charge is 0.346 e. The summed E-state index contributed by atoms with van der Waals surface area (Å²) in [5.74, 6) is -1.75. The van der Waals surface area contributed by atoms with E-state index in [1.54, 1.807) is 24.5 Å². The van der Waals surface area contributed by atoms with Crippen LogP contribution in [0.3, 0.4) is 0 Å². The van der Waals surface area contributed by atoms with Crippen LogP contribution in [0.5, 0.6) is 0 Å². The van der Waals surface area contributed by atoms with E-state index < -0.39 is 17.7 Å². The van der Waals surface area contributed by atoms with E-state index in [1.807, 2.05) is 10.3 Å². The van der Waals surface area contributed by atoms with Crippen LogP contribution in [-0.4, -0.2) is 48.0 Å². The van der Waals surface area contributed by atoms with Crippen LogP contribution in [0.1, 0.15) is 6.92 Å². The third kappa shape index (κ3) is 3.70. The fraction of sp³-hybridized carbons (Fsp3) is 0.375. The Balaban J connectivity index is 1.56. The lowest BCUT2D eigenvalue weighted by Crippen LogP contribution is -2.52. The van der Waals surface area contributed by atoms with Crippen molar-refractivity contribution in [3.63, 3.8) is 0 Å². The first-order chi connectivity index (χ1) is 11.5. The van der Waals surface area contributed by atoms with Crippen molar-refractivity contribution in [1.82, 2.24) is 9.88 Å². The molecular formula is C16H18F2N4OS. The quantitative estimate of drug-likeness (QED) is 0.919. The standard InChI is InChI=1S/C16H18F2N4OS/c1-11(15(23)20-14-3-2-12(17)10-13(14)18)21-5-7-22(8-6-21)16-19-4-9-24-16/h2-4,9-11H,5-8H2,1H3,(H,20,23)/t11-/m1/s1. The molecule has 0 spiro atoms. The van der Waals surface area contributed by atoms with Crippen molar-refractivity contribution in [1.29, 1.82) is 0 Å². The molecule has 1 aromatic carbocycles. The van der Waals surface area contributed by atoms with Gasteiger partial charge in [-0.2, -0.15) is 0 Å². The van der Waals surface area contributed by atoms with Crippen LogP contribution in [-0.2, 0) is 4.79 Å². The third-order valence-corrected chi connectivity index (χ3v) is 4.95. The average Bonchev–Trinajstić information content (AvgIpc) is 3.11. The Bertz CT molecular complexity index is 702. The summed E-state index contributed by atoms with van der Waals surface area (Å²) >= 11 is 1.59. The van der Waals surface area contributed by atoms with Crippen molar-refractivity contribution in [2.75, 3.05) is 36.4 Å². The zero-order valence-electron chi connectivity index (χ0n) is 13.2. The first-order valence-electron chi connectivity index (χ1n) is 7.69. The van der Waals surface area contributed by atoms with E-state index in [9.17, 15) is 13.6 Å². The molecule has 24 heavy (non-hydrogen) atoms. The summed E-state index contributed by atoms with van der Waals surface area (Å²) in [5.41, 5.74) is -0.00493. The molecule has 2 aromatic rings.